The number of carbonyl (C=O) groups is 1. The number of nitrogens with one attached hydrogen (secondary N) is 1. The largest absolute Gasteiger partial charge is 0.495 e. The highest BCUT2D eigenvalue weighted by Gasteiger charge is 2.25. The van der Waals surface area contributed by atoms with E-state index < -0.39 is 15.9 Å². The molecule has 0 aliphatic heterocycles. The number of aryl methyl sites for hydroxylation is 2. The monoisotopic (exact) mass is 468 g/mol. The van der Waals surface area contributed by atoms with Crippen LogP contribution in [0.25, 0.3) is 0 Å². The van der Waals surface area contributed by atoms with Gasteiger partial charge in [-0.1, -0.05) is 24.3 Å². The summed E-state index contributed by atoms with van der Waals surface area (Å²) in [6.07, 6.45) is 0. The molecule has 0 heterocycles. The number of carbonyl (C=O) groups excluding carboxylic acids is 1. The van der Waals surface area contributed by atoms with Gasteiger partial charge >= 0.3 is 0 Å². The van der Waals surface area contributed by atoms with Gasteiger partial charge in [0.1, 0.15) is 11.5 Å². The number of nitrogens with zero attached hydrogens (tertiary/aromatic N) is 1. The Morgan fingerprint density at radius 1 is 0.970 bits per heavy atom. The average molecular weight is 469 g/mol. The normalized spacial score (nSPS) is 11.0. The van der Waals surface area contributed by atoms with Crippen LogP contribution in [0.15, 0.2) is 71.6 Å². The smallest absolute Gasteiger partial charge is 0.264 e. The molecule has 0 spiro atoms. The van der Waals surface area contributed by atoms with Gasteiger partial charge in [-0.3, -0.25) is 9.10 Å². The fraction of sp³-hybridized carbons (Fsp3) is 0.240. The number of amides is 1. The van der Waals surface area contributed by atoms with E-state index in [1.165, 1.54) is 29.6 Å². The van der Waals surface area contributed by atoms with E-state index in [2.05, 4.69) is 5.32 Å². The Balaban J connectivity index is 1.81. The fourth-order valence-electron chi connectivity index (χ4n) is 3.30. The lowest BCUT2D eigenvalue weighted by Crippen LogP contribution is -2.30. The zero-order chi connectivity index (χ0) is 24.0. The molecule has 0 aromatic heterocycles. The third-order valence-corrected chi connectivity index (χ3v) is 7.11. The van der Waals surface area contributed by atoms with Crippen LogP contribution >= 0.6 is 0 Å². The van der Waals surface area contributed by atoms with Crippen LogP contribution in [0.4, 0.5) is 11.4 Å². The minimum Gasteiger partial charge on any atom is -0.495 e. The molecule has 0 radical (unpaired) electrons. The molecule has 0 atom stereocenters. The van der Waals surface area contributed by atoms with Gasteiger partial charge in [-0.2, -0.15) is 0 Å². The average Bonchev–Trinajstić information content (AvgIpc) is 2.81. The molecular weight excluding hydrogens is 440 g/mol. The van der Waals surface area contributed by atoms with Crippen molar-refractivity contribution in [1.82, 2.24) is 0 Å². The number of hydrogen-bond acceptors (Lipinski definition) is 5. The molecule has 7 nitrogen and oxygen atoms in total. The van der Waals surface area contributed by atoms with Crippen LogP contribution in [0.3, 0.4) is 0 Å². The maximum Gasteiger partial charge on any atom is 0.264 e. The van der Waals surface area contributed by atoms with Crippen LogP contribution in [-0.2, 0) is 14.8 Å². The van der Waals surface area contributed by atoms with Crippen molar-refractivity contribution >= 4 is 27.3 Å². The number of hydrogen-bond donors (Lipinski definition) is 1. The number of para-hydroxylation sites is 1. The van der Waals surface area contributed by atoms with E-state index in [4.69, 9.17) is 9.47 Å². The lowest BCUT2D eigenvalue weighted by Gasteiger charge is -2.23. The third kappa shape index (κ3) is 5.64. The molecule has 0 aliphatic carbocycles. The zero-order valence-corrected chi connectivity index (χ0v) is 20.0. The molecule has 8 heteroatoms. The first-order valence-corrected chi connectivity index (χ1v) is 12.0. The van der Waals surface area contributed by atoms with Crippen LogP contribution in [0, 0.1) is 13.8 Å². The van der Waals surface area contributed by atoms with E-state index in [1.807, 2.05) is 32.0 Å². The number of ether oxygens (including phenoxy) is 2. The Labute approximate surface area is 195 Å². The Kier molecular flexibility index (Phi) is 7.60. The van der Waals surface area contributed by atoms with Crippen molar-refractivity contribution in [3.8, 4) is 11.5 Å². The first-order valence-electron chi connectivity index (χ1n) is 10.5. The van der Waals surface area contributed by atoms with Crippen LogP contribution < -0.4 is 19.1 Å². The summed E-state index contributed by atoms with van der Waals surface area (Å²) < 4.78 is 38.8. The summed E-state index contributed by atoms with van der Waals surface area (Å²) in [6, 6.07) is 18.8. The Hall–Kier alpha value is -3.52. The predicted molar refractivity (Wildman–Crippen MR) is 130 cm³/mol. The van der Waals surface area contributed by atoms with Gasteiger partial charge < -0.3 is 14.8 Å². The first kappa shape index (κ1) is 24.1. The predicted octanol–water partition coefficient (Wildman–Crippen LogP) is 4.54. The molecule has 33 heavy (non-hydrogen) atoms. The van der Waals surface area contributed by atoms with Crippen LogP contribution in [0.2, 0.25) is 0 Å². The van der Waals surface area contributed by atoms with Gasteiger partial charge in [0.25, 0.3) is 15.9 Å². The van der Waals surface area contributed by atoms with Gasteiger partial charge in [0.2, 0.25) is 0 Å². The SMILES string of the molecule is CCN(c1ccccc1)S(=O)(=O)c1ccc(OC)c(NC(=O)COc2ccc(C)c(C)c2)c1. The first-order chi connectivity index (χ1) is 15.8. The van der Waals surface area contributed by atoms with E-state index >= 15 is 0 Å². The molecule has 1 N–H and O–H groups in total. The summed E-state index contributed by atoms with van der Waals surface area (Å²) in [4.78, 5) is 12.6. The van der Waals surface area contributed by atoms with Crippen LogP contribution in [0.5, 0.6) is 11.5 Å². The quantitative estimate of drug-likeness (QED) is 0.498. The van der Waals surface area contributed by atoms with Crippen molar-refractivity contribution in [2.75, 3.05) is 29.9 Å². The Bertz CT molecular complexity index is 1230. The Morgan fingerprint density at radius 3 is 2.33 bits per heavy atom. The molecule has 3 rings (SSSR count). The van der Waals surface area contributed by atoms with Crippen molar-refractivity contribution in [2.24, 2.45) is 0 Å². The van der Waals surface area contributed by atoms with Gasteiger partial charge in [0.15, 0.2) is 6.61 Å². The molecule has 174 valence electrons. The minimum absolute atomic E-state index is 0.0411. The minimum atomic E-state index is -3.86. The maximum absolute atomic E-state index is 13.3. The van der Waals surface area contributed by atoms with Crippen molar-refractivity contribution in [1.29, 1.82) is 0 Å². The summed E-state index contributed by atoms with van der Waals surface area (Å²) in [7, 11) is -2.40. The van der Waals surface area contributed by atoms with Crippen molar-refractivity contribution in [3.05, 3.63) is 77.9 Å². The molecule has 0 saturated heterocycles. The molecule has 3 aromatic rings. The van der Waals surface area contributed by atoms with Crippen LogP contribution in [-0.4, -0.2) is 34.6 Å². The molecule has 0 unspecified atom stereocenters. The second kappa shape index (κ2) is 10.4. The summed E-state index contributed by atoms with van der Waals surface area (Å²) in [6.45, 7) is 5.75. The molecular formula is C25H28N2O5S. The second-order valence-electron chi connectivity index (χ2n) is 7.45. The van der Waals surface area contributed by atoms with E-state index in [1.54, 1.807) is 37.3 Å². The van der Waals surface area contributed by atoms with Gasteiger partial charge in [0.05, 0.1) is 23.4 Å². The lowest BCUT2D eigenvalue weighted by atomic mass is 10.1. The molecule has 0 saturated carbocycles. The fourth-order valence-corrected chi connectivity index (χ4v) is 4.80. The van der Waals surface area contributed by atoms with Crippen molar-refractivity contribution < 1.29 is 22.7 Å². The van der Waals surface area contributed by atoms with Gasteiger partial charge in [-0.15, -0.1) is 0 Å². The standard InChI is InChI=1S/C25H28N2O5S/c1-5-27(20-9-7-6-8-10-20)33(29,30)22-13-14-24(31-4)23(16-22)26-25(28)17-32-21-12-11-18(2)19(3)15-21/h6-16H,5,17H2,1-4H3,(H,26,28). The lowest BCUT2D eigenvalue weighted by molar-refractivity contribution is -0.118. The Morgan fingerprint density at radius 2 is 1.70 bits per heavy atom. The summed E-state index contributed by atoms with van der Waals surface area (Å²) in [5.74, 6) is 0.491. The van der Waals surface area contributed by atoms with Crippen molar-refractivity contribution in [3.63, 3.8) is 0 Å². The molecule has 0 bridgehead atoms. The van der Waals surface area contributed by atoms with Gasteiger partial charge in [-0.25, -0.2) is 8.42 Å². The topological polar surface area (TPSA) is 84.9 Å². The number of sulfonamides is 1. The maximum atomic E-state index is 13.3. The number of methoxy groups -OCH3 is 1. The number of anilines is 2. The third-order valence-electron chi connectivity index (χ3n) is 5.21. The highest BCUT2D eigenvalue weighted by atomic mass is 32.2. The van der Waals surface area contributed by atoms with E-state index in [9.17, 15) is 13.2 Å². The number of benzene rings is 3. The second-order valence-corrected chi connectivity index (χ2v) is 9.31. The molecule has 1 amide bonds. The van der Waals surface area contributed by atoms with E-state index in [0.29, 0.717) is 17.2 Å². The zero-order valence-electron chi connectivity index (χ0n) is 19.2. The summed E-state index contributed by atoms with van der Waals surface area (Å²) in [5.41, 5.74) is 3.00. The van der Waals surface area contributed by atoms with E-state index in [-0.39, 0.29) is 23.7 Å². The summed E-state index contributed by atoms with van der Waals surface area (Å²) >= 11 is 0. The van der Waals surface area contributed by atoms with E-state index in [0.717, 1.165) is 11.1 Å². The van der Waals surface area contributed by atoms with Gasteiger partial charge in [0, 0.05) is 6.54 Å². The number of rotatable bonds is 9. The van der Waals surface area contributed by atoms with Gasteiger partial charge in [-0.05, 0) is 74.4 Å². The highest BCUT2D eigenvalue weighted by Crippen LogP contribution is 2.30. The van der Waals surface area contributed by atoms with Crippen LogP contribution in [0.1, 0.15) is 18.1 Å². The summed E-state index contributed by atoms with van der Waals surface area (Å²) in [5, 5.41) is 2.70. The molecule has 0 aliphatic rings. The highest BCUT2D eigenvalue weighted by molar-refractivity contribution is 7.92. The van der Waals surface area contributed by atoms with Crippen molar-refractivity contribution in [2.45, 2.75) is 25.7 Å². The molecule has 0 fully saturated rings. The molecule has 3 aromatic carbocycles.